The maximum absolute atomic E-state index is 14.8. The summed E-state index contributed by atoms with van der Waals surface area (Å²) in [5.74, 6) is 0.551. The third kappa shape index (κ3) is 4.09. The third-order valence-electron chi connectivity index (χ3n) is 10.3. The van der Waals surface area contributed by atoms with E-state index in [1.54, 1.807) is 9.47 Å². The normalized spacial score (nSPS) is 30.7. The van der Waals surface area contributed by atoms with Crippen molar-refractivity contribution in [2.45, 2.75) is 95.4 Å². The minimum atomic E-state index is -4.41. The average molecular weight is 573 g/mol. The number of H-pyrrole nitrogens is 1. The lowest BCUT2D eigenvalue weighted by Crippen LogP contribution is -2.55. The van der Waals surface area contributed by atoms with E-state index >= 15 is 0 Å². The van der Waals surface area contributed by atoms with Gasteiger partial charge >= 0.3 is 11.9 Å². The second kappa shape index (κ2) is 9.32. The van der Waals surface area contributed by atoms with Gasteiger partial charge in [-0.1, -0.05) is 37.9 Å². The summed E-state index contributed by atoms with van der Waals surface area (Å²) in [6.07, 6.45) is 5.41. The molecule has 0 radical (unpaired) electrons. The Balaban J connectivity index is 1.40. The molecule has 3 aliphatic carbocycles. The van der Waals surface area contributed by atoms with Crippen molar-refractivity contribution in [2.75, 3.05) is 10.2 Å². The zero-order valence-electron chi connectivity index (χ0n) is 23.2. The van der Waals surface area contributed by atoms with Gasteiger partial charge in [0, 0.05) is 17.8 Å². The van der Waals surface area contributed by atoms with Crippen molar-refractivity contribution >= 4 is 29.1 Å². The molecule has 13 heteroatoms. The first-order valence-electron chi connectivity index (χ1n) is 14.7. The average Bonchev–Trinajstić information content (AvgIpc) is 3.60. The molecule has 5 aliphatic rings. The van der Waals surface area contributed by atoms with Gasteiger partial charge in [-0.15, -0.1) is 0 Å². The lowest BCUT2D eigenvalue weighted by atomic mass is 9.60. The molecule has 8 rings (SSSR count). The van der Waals surface area contributed by atoms with Gasteiger partial charge < -0.3 is 10.2 Å². The highest BCUT2D eigenvalue weighted by atomic mass is 19.4. The monoisotopic (exact) mass is 572 g/mol. The maximum Gasteiger partial charge on any atom is 0.439 e. The number of hydrogen-bond donors (Lipinski definition) is 2. The van der Waals surface area contributed by atoms with Crippen molar-refractivity contribution in [3.63, 3.8) is 0 Å². The van der Waals surface area contributed by atoms with E-state index in [1.165, 1.54) is 6.20 Å². The summed E-state index contributed by atoms with van der Waals surface area (Å²) in [7, 11) is 0. The highest BCUT2D eigenvalue weighted by Crippen LogP contribution is 2.64. The molecule has 0 aromatic carbocycles. The quantitative estimate of drug-likeness (QED) is 0.376. The molecule has 5 heterocycles. The first-order valence-corrected chi connectivity index (χ1v) is 14.7. The minimum Gasteiger partial charge on any atom is -0.365 e. The van der Waals surface area contributed by atoms with Crippen LogP contribution in [-0.2, 0) is 0 Å². The molecule has 3 aromatic heterocycles. The number of nitrogens with zero attached hydrogens (tertiary/aromatic N) is 6. The van der Waals surface area contributed by atoms with E-state index < -0.39 is 29.4 Å². The van der Waals surface area contributed by atoms with E-state index in [0.717, 1.165) is 44.9 Å². The lowest BCUT2D eigenvalue weighted by Gasteiger charge is -2.50. The molecule has 0 spiro atoms. The number of fused-ring (bicyclic) bond motifs is 2. The number of aromatic amines is 1. The molecule has 3 saturated carbocycles. The van der Waals surface area contributed by atoms with Crippen LogP contribution in [0.4, 0.5) is 24.9 Å². The van der Waals surface area contributed by atoms with Crippen LogP contribution >= 0.6 is 0 Å². The Hall–Kier alpha value is -3.38. The number of nitrogens with one attached hydrogen (secondary N) is 2. The van der Waals surface area contributed by atoms with Gasteiger partial charge in [-0.25, -0.2) is 14.8 Å². The van der Waals surface area contributed by atoms with Crippen LogP contribution in [0.3, 0.4) is 0 Å². The summed E-state index contributed by atoms with van der Waals surface area (Å²) in [6.45, 7) is 8.25. The van der Waals surface area contributed by atoms with Crippen molar-refractivity contribution in [3.8, 4) is 11.6 Å². The first-order chi connectivity index (χ1) is 19.6. The van der Waals surface area contributed by atoms with Crippen molar-refractivity contribution in [1.29, 1.82) is 0 Å². The Bertz CT molecular complexity index is 1530. The standard InChI is InChI=1S/C28H35F3N8O2/c1-4-38-19-21(32-15(3)16-8-6-9-16)33-23(24-36-26(40)41-37-24)34-22(19)35-25(38)39-20(28(29,30)31)17-12-27(39,13-17)18-10-5-7-14(2)11-18/h4,14-18,20H,1,5-13H2,2-3H3,(H,32,33,34)(H,36,37,40). The summed E-state index contributed by atoms with van der Waals surface area (Å²) >= 11 is 0. The highest BCUT2D eigenvalue weighted by Gasteiger charge is 2.71. The zero-order valence-corrected chi connectivity index (χ0v) is 23.2. The Morgan fingerprint density at radius 2 is 1.93 bits per heavy atom. The number of anilines is 2. The summed E-state index contributed by atoms with van der Waals surface area (Å²) in [5.41, 5.74) is 0.0458. The van der Waals surface area contributed by atoms with E-state index in [9.17, 15) is 18.0 Å². The van der Waals surface area contributed by atoms with Crippen LogP contribution in [0.25, 0.3) is 29.0 Å². The van der Waals surface area contributed by atoms with Crippen molar-refractivity contribution in [3.05, 3.63) is 17.1 Å². The van der Waals surface area contributed by atoms with Crippen molar-refractivity contribution in [1.82, 2.24) is 29.7 Å². The van der Waals surface area contributed by atoms with Crippen molar-refractivity contribution < 1.29 is 17.7 Å². The van der Waals surface area contributed by atoms with Crippen LogP contribution < -0.4 is 16.0 Å². The number of halogens is 3. The van der Waals surface area contributed by atoms with Crippen LogP contribution in [0.15, 0.2) is 15.9 Å². The lowest BCUT2D eigenvalue weighted by molar-refractivity contribution is -0.152. The summed E-state index contributed by atoms with van der Waals surface area (Å²) in [6, 6.07) is -1.57. The molecule has 4 atom stereocenters. The van der Waals surface area contributed by atoms with Gasteiger partial charge in [0.2, 0.25) is 17.6 Å². The molecule has 220 valence electrons. The molecule has 2 aliphatic heterocycles. The fraction of sp³-hybridized carbons (Fsp3) is 0.679. The molecule has 2 saturated heterocycles. The number of rotatable bonds is 7. The summed E-state index contributed by atoms with van der Waals surface area (Å²) in [4.78, 5) is 29.7. The van der Waals surface area contributed by atoms with Gasteiger partial charge in [0.1, 0.15) is 11.6 Å². The second-order valence-corrected chi connectivity index (χ2v) is 12.7. The van der Waals surface area contributed by atoms with Crippen LogP contribution in [0, 0.1) is 23.7 Å². The highest BCUT2D eigenvalue weighted by molar-refractivity contribution is 5.89. The molecular formula is C28H35F3N8O2. The number of imidazole rings is 1. The predicted molar refractivity (Wildman–Crippen MR) is 147 cm³/mol. The van der Waals surface area contributed by atoms with Gasteiger partial charge in [-0.2, -0.15) is 18.2 Å². The van der Waals surface area contributed by atoms with Gasteiger partial charge in [0.05, 0.1) is 0 Å². The Labute approximate surface area is 234 Å². The van der Waals surface area contributed by atoms with Gasteiger partial charge in [-0.3, -0.25) is 14.1 Å². The van der Waals surface area contributed by atoms with Crippen LogP contribution in [-0.4, -0.2) is 53.5 Å². The molecule has 4 unspecified atom stereocenters. The molecule has 0 amide bonds. The topological polar surface area (TPSA) is 118 Å². The zero-order chi connectivity index (χ0) is 28.7. The predicted octanol–water partition coefficient (Wildman–Crippen LogP) is 5.60. The Kier molecular flexibility index (Phi) is 6.02. The number of aromatic nitrogens is 6. The van der Waals surface area contributed by atoms with Gasteiger partial charge in [-0.05, 0) is 69.1 Å². The van der Waals surface area contributed by atoms with Crippen LogP contribution in [0.5, 0.6) is 0 Å². The van der Waals surface area contributed by atoms with E-state index in [-0.39, 0.29) is 35.2 Å². The summed E-state index contributed by atoms with van der Waals surface area (Å²) < 4.78 is 50.6. The molecule has 3 aromatic rings. The number of hydrogen-bond acceptors (Lipinski definition) is 8. The Morgan fingerprint density at radius 1 is 1.17 bits per heavy atom. The molecule has 5 fully saturated rings. The van der Waals surface area contributed by atoms with Crippen LogP contribution in [0.1, 0.15) is 71.6 Å². The fourth-order valence-corrected chi connectivity index (χ4v) is 8.09. The molecule has 41 heavy (non-hydrogen) atoms. The molecular weight excluding hydrogens is 537 g/mol. The molecule has 2 N–H and O–H groups in total. The SMILES string of the molecule is C=Cn1c(N2C(C(F)(F)F)C3CC2(C2CCCC(C)C2)C3)nc2nc(-c3noc(=O)[nH]3)nc(NC(C)C3CCC3)c21. The van der Waals surface area contributed by atoms with Crippen molar-refractivity contribution in [2.24, 2.45) is 23.7 Å². The third-order valence-corrected chi connectivity index (χ3v) is 10.3. The maximum atomic E-state index is 14.8. The van der Waals surface area contributed by atoms with E-state index in [2.05, 4.69) is 50.4 Å². The Morgan fingerprint density at radius 3 is 2.54 bits per heavy atom. The number of alkyl halides is 3. The second-order valence-electron chi connectivity index (χ2n) is 12.7. The van der Waals surface area contributed by atoms with Gasteiger partial charge in [0.15, 0.2) is 11.5 Å². The van der Waals surface area contributed by atoms with Crippen LogP contribution in [0.2, 0.25) is 0 Å². The summed E-state index contributed by atoms with van der Waals surface area (Å²) in [5, 5.41) is 7.21. The van der Waals surface area contributed by atoms with E-state index in [4.69, 9.17) is 4.98 Å². The van der Waals surface area contributed by atoms with Gasteiger partial charge in [0.25, 0.3) is 0 Å². The van der Waals surface area contributed by atoms with E-state index in [0.29, 0.717) is 36.0 Å². The first kappa shape index (κ1) is 26.5. The minimum absolute atomic E-state index is 0.0233. The largest absolute Gasteiger partial charge is 0.439 e. The smallest absolute Gasteiger partial charge is 0.365 e. The molecule has 2 bridgehead atoms. The van der Waals surface area contributed by atoms with E-state index in [1.807, 2.05) is 0 Å². The molecule has 10 nitrogen and oxygen atoms in total. The fourth-order valence-electron chi connectivity index (χ4n) is 8.09.